The van der Waals surface area contributed by atoms with Crippen LogP contribution in [0.5, 0.6) is 11.5 Å². The van der Waals surface area contributed by atoms with Gasteiger partial charge < -0.3 is 24.3 Å². The number of fused-ring (bicyclic) bond motifs is 1. The molecule has 3 N–H and O–H groups in total. The minimum absolute atomic E-state index is 0.426. The fourth-order valence-corrected chi connectivity index (χ4v) is 3.90. The largest absolute Gasteiger partial charge is 0.457 e. The van der Waals surface area contributed by atoms with E-state index in [4.69, 9.17) is 9.47 Å². The van der Waals surface area contributed by atoms with E-state index in [0.29, 0.717) is 17.2 Å². The van der Waals surface area contributed by atoms with Crippen LogP contribution in [-0.4, -0.2) is 64.5 Å². The van der Waals surface area contributed by atoms with Gasteiger partial charge in [-0.15, -0.1) is 0 Å². The smallest absolute Gasteiger partial charge is 0.339 e. The molecule has 0 bridgehead atoms. The predicted octanol–water partition coefficient (Wildman–Crippen LogP) is 3.64. The van der Waals surface area contributed by atoms with Gasteiger partial charge in [-0.2, -0.15) is 5.10 Å². The molecule has 1 fully saturated rings. The highest BCUT2D eigenvalue weighted by molar-refractivity contribution is 5.90. The molecule has 0 aliphatic carbocycles. The summed E-state index contributed by atoms with van der Waals surface area (Å²) in [4.78, 5) is 21.9. The van der Waals surface area contributed by atoms with Crippen molar-refractivity contribution in [1.29, 1.82) is 0 Å². The van der Waals surface area contributed by atoms with Gasteiger partial charge in [0.25, 0.3) is 0 Å². The lowest BCUT2D eigenvalue weighted by molar-refractivity contribution is 0.0364. The molecule has 0 spiro atoms. The topological polar surface area (TPSA) is 109 Å². The summed E-state index contributed by atoms with van der Waals surface area (Å²) in [6, 6.07) is 14.4. The zero-order valence-electron chi connectivity index (χ0n) is 19.2. The van der Waals surface area contributed by atoms with Crippen molar-refractivity contribution in [3.05, 3.63) is 72.8 Å². The van der Waals surface area contributed by atoms with E-state index in [1.165, 1.54) is 0 Å². The molecular weight excluding hydrogens is 446 g/mol. The molecule has 3 aromatic heterocycles. The third-order valence-electron chi connectivity index (χ3n) is 5.75. The molecular formula is C25H27N7O3. The molecule has 4 heterocycles. The van der Waals surface area contributed by atoms with Gasteiger partial charge in [0.05, 0.1) is 30.5 Å². The van der Waals surface area contributed by atoms with Crippen LogP contribution in [0.3, 0.4) is 0 Å². The van der Waals surface area contributed by atoms with Gasteiger partial charge in [-0.1, -0.05) is 0 Å². The van der Waals surface area contributed by atoms with Gasteiger partial charge in [0, 0.05) is 50.5 Å². The molecule has 1 aliphatic heterocycles. The highest BCUT2D eigenvalue weighted by atomic mass is 16.5. The third kappa shape index (κ3) is 5.86. The average molecular weight is 474 g/mol. The maximum Gasteiger partial charge on any atom is 0.339 e. The van der Waals surface area contributed by atoms with Crippen molar-refractivity contribution in [1.82, 2.24) is 24.9 Å². The zero-order chi connectivity index (χ0) is 23.9. The molecule has 0 unspecified atom stereocenters. The lowest BCUT2D eigenvalue weighted by Crippen LogP contribution is -2.38. The van der Waals surface area contributed by atoms with Crippen molar-refractivity contribution in [3.63, 3.8) is 0 Å². The number of aromatic nitrogens is 3. The molecule has 1 aromatic carbocycles. The van der Waals surface area contributed by atoms with Gasteiger partial charge in [-0.3, -0.25) is 4.90 Å². The van der Waals surface area contributed by atoms with Crippen molar-refractivity contribution in [2.75, 3.05) is 38.2 Å². The van der Waals surface area contributed by atoms with Gasteiger partial charge in [0.15, 0.2) is 0 Å². The Hall–Kier alpha value is -4.15. The molecule has 2 amide bonds. The quantitative estimate of drug-likeness (QED) is 0.267. The first-order valence-electron chi connectivity index (χ1n) is 11.5. The molecule has 0 saturated carbocycles. The van der Waals surface area contributed by atoms with E-state index in [1.807, 2.05) is 36.7 Å². The number of pyridine rings is 1. The first-order valence-corrected chi connectivity index (χ1v) is 11.5. The maximum atomic E-state index is 12.2. The van der Waals surface area contributed by atoms with Crippen molar-refractivity contribution < 1.29 is 14.3 Å². The summed E-state index contributed by atoms with van der Waals surface area (Å²) in [7, 11) is 0. The second kappa shape index (κ2) is 10.9. The summed E-state index contributed by atoms with van der Waals surface area (Å²) < 4.78 is 13.5. The predicted molar refractivity (Wildman–Crippen MR) is 134 cm³/mol. The molecule has 10 nitrogen and oxygen atoms in total. The number of aromatic amines is 1. The van der Waals surface area contributed by atoms with Crippen LogP contribution in [-0.2, 0) is 11.3 Å². The maximum absolute atomic E-state index is 12.2. The SMILES string of the molecule is O=C(N/N=C/c1cccn1CCN1CCOCC1)Nc1ccc(Oc2ccnc3[nH]ccc23)cc1. The van der Waals surface area contributed by atoms with Gasteiger partial charge in [-0.25, -0.2) is 15.2 Å². The van der Waals surface area contributed by atoms with Gasteiger partial charge in [0.2, 0.25) is 0 Å². The fraction of sp³-hybridized carbons (Fsp3) is 0.240. The molecule has 0 radical (unpaired) electrons. The van der Waals surface area contributed by atoms with Crippen LogP contribution in [0.25, 0.3) is 11.0 Å². The Balaban J connectivity index is 1.11. The second-order valence-corrected chi connectivity index (χ2v) is 8.08. The van der Waals surface area contributed by atoms with E-state index >= 15 is 0 Å². The number of rotatable bonds is 8. The Morgan fingerprint density at radius 3 is 2.86 bits per heavy atom. The number of nitrogens with one attached hydrogen (secondary N) is 3. The molecule has 1 aliphatic rings. The summed E-state index contributed by atoms with van der Waals surface area (Å²) in [6.45, 7) is 5.29. The Morgan fingerprint density at radius 1 is 1.14 bits per heavy atom. The number of carbonyl (C=O) groups excluding carboxylic acids is 1. The molecule has 4 aromatic rings. The van der Waals surface area contributed by atoms with E-state index in [2.05, 4.69) is 35.3 Å². The number of anilines is 1. The van der Waals surface area contributed by atoms with Crippen molar-refractivity contribution in [3.8, 4) is 11.5 Å². The molecule has 10 heteroatoms. The van der Waals surface area contributed by atoms with E-state index < -0.39 is 6.03 Å². The van der Waals surface area contributed by atoms with E-state index in [1.54, 1.807) is 36.7 Å². The number of hydrogen-bond acceptors (Lipinski definition) is 6. The highest BCUT2D eigenvalue weighted by Gasteiger charge is 2.10. The van der Waals surface area contributed by atoms with Crippen LogP contribution >= 0.6 is 0 Å². The Bertz CT molecular complexity index is 1290. The molecule has 5 rings (SSSR count). The van der Waals surface area contributed by atoms with E-state index in [9.17, 15) is 4.79 Å². The summed E-state index contributed by atoms with van der Waals surface area (Å²) in [5.74, 6) is 1.36. The number of H-pyrrole nitrogens is 1. The van der Waals surface area contributed by atoms with Crippen LogP contribution in [0.4, 0.5) is 10.5 Å². The summed E-state index contributed by atoms with van der Waals surface area (Å²) in [5, 5.41) is 7.75. The number of amides is 2. The fourth-order valence-electron chi connectivity index (χ4n) is 3.90. The first kappa shape index (κ1) is 22.6. The summed E-state index contributed by atoms with van der Waals surface area (Å²) >= 11 is 0. The van der Waals surface area contributed by atoms with Crippen LogP contribution in [0.15, 0.2) is 72.2 Å². The lowest BCUT2D eigenvalue weighted by Gasteiger charge is -2.26. The van der Waals surface area contributed by atoms with E-state index in [0.717, 1.165) is 56.1 Å². The van der Waals surface area contributed by atoms with Gasteiger partial charge in [0.1, 0.15) is 17.1 Å². The van der Waals surface area contributed by atoms with Crippen LogP contribution < -0.4 is 15.5 Å². The monoisotopic (exact) mass is 473 g/mol. The van der Waals surface area contributed by atoms with Crippen LogP contribution in [0.1, 0.15) is 5.69 Å². The number of ether oxygens (including phenoxy) is 2. The van der Waals surface area contributed by atoms with Gasteiger partial charge in [-0.05, 0) is 48.5 Å². The molecule has 35 heavy (non-hydrogen) atoms. The van der Waals surface area contributed by atoms with Crippen LogP contribution in [0, 0.1) is 0 Å². The zero-order valence-corrected chi connectivity index (χ0v) is 19.2. The molecule has 0 atom stereocenters. The molecule has 180 valence electrons. The number of morpholine rings is 1. The third-order valence-corrected chi connectivity index (χ3v) is 5.75. The number of nitrogens with zero attached hydrogens (tertiary/aromatic N) is 4. The number of hydrogen-bond donors (Lipinski definition) is 3. The van der Waals surface area contributed by atoms with Gasteiger partial charge >= 0.3 is 6.03 Å². The number of urea groups is 1. The van der Waals surface area contributed by atoms with Crippen LogP contribution in [0.2, 0.25) is 0 Å². The average Bonchev–Trinajstić information content (AvgIpc) is 3.55. The van der Waals surface area contributed by atoms with Crippen molar-refractivity contribution >= 4 is 29.0 Å². The Morgan fingerprint density at radius 2 is 2.00 bits per heavy atom. The minimum atomic E-state index is -0.426. The van der Waals surface area contributed by atoms with Crippen molar-refractivity contribution in [2.24, 2.45) is 5.10 Å². The van der Waals surface area contributed by atoms with E-state index in [-0.39, 0.29) is 0 Å². The Kier molecular flexibility index (Phi) is 7.02. The highest BCUT2D eigenvalue weighted by Crippen LogP contribution is 2.28. The summed E-state index contributed by atoms with van der Waals surface area (Å²) in [6.07, 6.45) is 7.17. The number of carbonyl (C=O) groups is 1. The second-order valence-electron chi connectivity index (χ2n) is 8.08. The lowest BCUT2D eigenvalue weighted by atomic mass is 10.3. The number of benzene rings is 1. The normalized spacial score (nSPS) is 14.4. The number of hydrazone groups is 1. The molecule has 1 saturated heterocycles. The first-order chi connectivity index (χ1) is 17.2. The minimum Gasteiger partial charge on any atom is -0.457 e. The Labute approximate surface area is 202 Å². The standard InChI is InChI=1S/C25H27N7O3/c33-25(30-28-18-20-2-1-11-32(20)13-12-31-14-16-34-17-15-31)29-19-3-5-21(6-4-19)35-23-8-10-27-24-22(23)7-9-26-24/h1-11,18H,12-17H2,(H,26,27)(H2,29,30,33)/b28-18+. The summed E-state index contributed by atoms with van der Waals surface area (Å²) in [5.41, 5.74) is 4.83. The van der Waals surface area contributed by atoms with Crippen molar-refractivity contribution in [2.45, 2.75) is 6.54 Å².